The van der Waals surface area contributed by atoms with Gasteiger partial charge in [0.25, 0.3) is 0 Å². The van der Waals surface area contributed by atoms with E-state index in [1.54, 1.807) is 34.0 Å². The summed E-state index contributed by atoms with van der Waals surface area (Å²) in [5, 5.41) is 18.2. The standard InChI is InChI=1S/C15H17N3S3/c1-10(2)6-14-17-18-15(21-14)16-8-12-7-11(9-20-12)13-4-3-5-19-13/h3-5,7,9-10H,6,8H2,1-2H3,(H,16,18). The number of thiophene rings is 2. The zero-order valence-corrected chi connectivity index (χ0v) is 14.4. The van der Waals surface area contributed by atoms with Crippen molar-refractivity contribution in [2.24, 2.45) is 5.92 Å². The van der Waals surface area contributed by atoms with Gasteiger partial charge in [0.15, 0.2) is 0 Å². The van der Waals surface area contributed by atoms with E-state index in [1.165, 1.54) is 15.3 Å². The Kier molecular flexibility index (Phi) is 4.67. The maximum absolute atomic E-state index is 4.23. The van der Waals surface area contributed by atoms with Crippen LogP contribution in [0.25, 0.3) is 10.4 Å². The molecule has 3 nitrogen and oxygen atoms in total. The van der Waals surface area contributed by atoms with Gasteiger partial charge in [-0.3, -0.25) is 0 Å². The molecule has 21 heavy (non-hydrogen) atoms. The van der Waals surface area contributed by atoms with Crippen molar-refractivity contribution >= 4 is 39.1 Å². The van der Waals surface area contributed by atoms with Crippen LogP contribution in [0.3, 0.4) is 0 Å². The van der Waals surface area contributed by atoms with Gasteiger partial charge in [0, 0.05) is 21.7 Å². The first kappa shape index (κ1) is 14.7. The van der Waals surface area contributed by atoms with E-state index in [-0.39, 0.29) is 0 Å². The third-order valence-electron chi connectivity index (χ3n) is 2.92. The molecule has 0 aliphatic rings. The minimum Gasteiger partial charge on any atom is -0.355 e. The molecule has 0 fully saturated rings. The summed E-state index contributed by atoms with van der Waals surface area (Å²) in [5.74, 6) is 0.622. The lowest BCUT2D eigenvalue weighted by Gasteiger charge is -1.99. The Morgan fingerprint density at radius 3 is 2.90 bits per heavy atom. The summed E-state index contributed by atoms with van der Waals surface area (Å²) >= 11 is 5.22. The quantitative estimate of drug-likeness (QED) is 0.678. The zero-order chi connectivity index (χ0) is 14.7. The van der Waals surface area contributed by atoms with E-state index in [0.29, 0.717) is 5.92 Å². The number of rotatable bonds is 6. The van der Waals surface area contributed by atoms with Crippen molar-refractivity contribution in [3.8, 4) is 10.4 Å². The molecular formula is C15H17N3S3. The van der Waals surface area contributed by atoms with Gasteiger partial charge in [-0.25, -0.2) is 0 Å². The van der Waals surface area contributed by atoms with Gasteiger partial charge >= 0.3 is 0 Å². The van der Waals surface area contributed by atoms with Crippen molar-refractivity contribution in [1.29, 1.82) is 0 Å². The number of hydrogen-bond donors (Lipinski definition) is 1. The fraction of sp³-hybridized carbons (Fsp3) is 0.333. The van der Waals surface area contributed by atoms with Crippen LogP contribution in [0.4, 0.5) is 5.13 Å². The summed E-state index contributed by atoms with van der Waals surface area (Å²) in [6, 6.07) is 6.50. The molecule has 0 aliphatic heterocycles. The van der Waals surface area contributed by atoms with E-state index in [2.05, 4.69) is 58.3 Å². The Morgan fingerprint density at radius 1 is 1.24 bits per heavy atom. The lowest BCUT2D eigenvalue weighted by molar-refractivity contribution is 0.640. The molecule has 0 saturated heterocycles. The first-order valence-electron chi connectivity index (χ1n) is 6.88. The molecule has 0 atom stereocenters. The van der Waals surface area contributed by atoms with Crippen molar-refractivity contribution in [2.75, 3.05) is 5.32 Å². The fourth-order valence-electron chi connectivity index (χ4n) is 1.96. The van der Waals surface area contributed by atoms with Crippen LogP contribution in [0.1, 0.15) is 23.7 Å². The molecule has 6 heteroatoms. The van der Waals surface area contributed by atoms with Gasteiger partial charge in [-0.1, -0.05) is 31.3 Å². The average molecular weight is 336 g/mol. The van der Waals surface area contributed by atoms with E-state index in [0.717, 1.165) is 23.1 Å². The molecule has 0 amide bonds. The summed E-state index contributed by atoms with van der Waals surface area (Å²) < 4.78 is 0. The van der Waals surface area contributed by atoms with Crippen molar-refractivity contribution < 1.29 is 0 Å². The molecule has 0 unspecified atom stereocenters. The minimum atomic E-state index is 0.622. The van der Waals surface area contributed by atoms with Gasteiger partial charge in [-0.2, -0.15) is 0 Å². The highest BCUT2D eigenvalue weighted by atomic mass is 32.1. The number of aromatic nitrogens is 2. The third kappa shape index (κ3) is 3.90. The smallest absolute Gasteiger partial charge is 0.205 e. The molecule has 0 bridgehead atoms. The second-order valence-electron chi connectivity index (χ2n) is 5.23. The van der Waals surface area contributed by atoms with Crippen LogP contribution in [0.15, 0.2) is 29.0 Å². The van der Waals surface area contributed by atoms with E-state index in [9.17, 15) is 0 Å². The normalized spacial score (nSPS) is 11.2. The third-order valence-corrected chi connectivity index (χ3v) is 5.68. The molecule has 1 N–H and O–H groups in total. The van der Waals surface area contributed by atoms with Crippen molar-refractivity contribution in [3.05, 3.63) is 38.8 Å². The highest BCUT2D eigenvalue weighted by molar-refractivity contribution is 7.15. The zero-order valence-electron chi connectivity index (χ0n) is 12.0. The maximum Gasteiger partial charge on any atom is 0.205 e. The predicted octanol–water partition coefficient (Wildman–Crippen LogP) is 5.14. The number of nitrogens with zero attached hydrogens (tertiary/aromatic N) is 2. The van der Waals surface area contributed by atoms with Gasteiger partial charge in [0.05, 0.1) is 6.54 Å². The second-order valence-corrected chi connectivity index (χ2v) is 8.24. The van der Waals surface area contributed by atoms with Gasteiger partial charge in [-0.05, 0) is 28.8 Å². The Hall–Kier alpha value is -1.24. The molecule has 3 heterocycles. The molecule has 0 aromatic carbocycles. The summed E-state index contributed by atoms with van der Waals surface area (Å²) in [5.41, 5.74) is 1.31. The number of nitrogens with one attached hydrogen (secondary N) is 1. The van der Waals surface area contributed by atoms with Crippen molar-refractivity contribution in [1.82, 2.24) is 10.2 Å². The Balaban J connectivity index is 1.59. The van der Waals surface area contributed by atoms with E-state index < -0.39 is 0 Å². The molecule has 3 aromatic rings. The van der Waals surface area contributed by atoms with Crippen LogP contribution in [0, 0.1) is 5.92 Å². The van der Waals surface area contributed by atoms with Crippen LogP contribution in [-0.2, 0) is 13.0 Å². The Bertz CT molecular complexity index is 683. The Labute approximate surface area is 136 Å². The van der Waals surface area contributed by atoms with E-state index in [1.807, 2.05) is 0 Å². The van der Waals surface area contributed by atoms with Crippen molar-refractivity contribution in [3.63, 3.8) is 0 Å². The van der Waals surface area contributed by atoms with E-state index >= 15 is 0 Å². The lowest BCUT2D eigenvalue weighted by atomic mass is 10.1. The SMILES string of the molecule is CC(C)Cc1nnc(NCc2cc(-c3cccs3)cs2)s1. The summed E-state index contributed by atoms with van der Waals surface area (Å²) in [6.45, 7) is 5.21. The van der Waals surface area contributed by atoms with Gasteiger partial charge < -0.3 is 5.32 Å². The fourth-order valence-corrected chi connectivity index (χ4v) is 4.53. The molecule has 0 radical (unpaired) electrons. The van der Waals surface area contributed by atoms with Crippen LogP contribution in [0.2, 0.25) is 0 Å². The predicted molar refractivity (Wildman–Crippen MR) is 93.4 cm³/mol. The topological polar surface area (TPSA) is 37.8 Å². The highest BCUT2D eigenvalue weighted by Gasteiger charge is 2.07. The van der Waals surface area contributed by atoms with Gasteiger partial charge in [-0.15, -0.1) is 32.9 Å². The number of anilines is 1. The first-order valence-corrected chi connectivity index (χ1v) is 9.46. The number of hydrogen-bond acceptors (Lipinski definition) is 6. The lowest BCUT2D eigenvalue weighted by Crippen LogP contribution is -1.96. The molecule has 110 valence electrons. The van der Waals surface area contributed by atoms with Crippen molar-refractivity contribution in [2.45, 2.75) is 26.8 Å². The van der Waals surface area contributed by atoms with E-state index in [4.69, 9.17) is 0 Å². The molecule has 0 aliphatic carbocycles. The maximum atomic E-state index is 4.23. The molecule has 3 aromatic heterocycles. The van der Waals surface area contributed by atoms with Gasteiger partial charge in [0.2, 0.25) is 5.13 Å². The van der Waals surface area contributed by atoms with Gasteiger partial charge in [0.1, 0.15) is 5.01 Å². The second kappa shape index (κ2) is 6.68. The summed E-state index contributed by atoms with van der Waals surface area (Å²) in [6.07, 6.45) is 1.00. The average Bonchev–Trinajstić information content (AvgIpc) is 3.17. The molecule has 3 rings (SSSR count). The largest absolute Gasteiger partial charge is 0.355 e. The first-order chi connectivity index (χ1) is 10.2. The van der Waals surface area contributed by atoms with Crippen LogP contribution >= 0.6 is 34.0 Å². The molecule has 0 spiro atoms. The molecular weight excluding hydrogens is 318 g/mol. The molecule has 0 saturated carbocycles. The minimum absolute atomic E-state index is 0.622. The summed E-state index contributed by atoms with van der Waals surface area (Å²) in [4.78, 5) is 2.65. The monoisotopic (exact) mass is 335 g/mol. The van der Waals surface area contributed by atoms with Crippen LogP contribution in [0.5, 0.6) is 0 Å². The van der Waals surface area contributed by atoms with Crippen LogP contribution < -0.4 is 5.32 Å². The summed E-state index contributed by atoms with van der Waals surface area (Å²) in [7, 11) is 0. The highest BCUT2D eigenvalue weighted by Crippen LogP contribution is 2.29. The van der Waals surface area contributed by atoms with Crippen LogP contribution in [-0.4, -0.2) is 10.2 Å². The Morgan fingerprint density at radius 2 is 2.14 bits per heavy atom.